The molecule has 0 saturated heterocycles. The number of alkyl halides is 1. The largest absolute Gasteiger partial charge is 0.277 e. The number of nitro groups is 1. The van der Waals surface area contributed by atoms with E-state index in [1.165, 1.54) is 30.4 Å². The Kier molecular flexibility index (Phi) is 4.17. The van der Waals surface area contributed by atoms with Gasteiger partial charge in [-0.3, -0.25) is 14.3 Å². The first-order valence-corrected chi connectivity index (χ1v) is 7.79. The van der Waals surface area contributed by atoms with Crippen LogP contribution in [0, 0.1) is 10.1 Å². The molecule has 8 heteroatoms. The minimum absolute atomic E-state index is 0.00688. The van der Waals surface area contributed by atoms with E-state index in [4.69, 9.17) is 0 Å². The van der Waals surface area contributed by atoms with Crippen LogP contribution < -0.4 is 0 Å². The van der Waals surface area contributed by atoms with Gasteiger partial charge in [0, 0.05) is 12.1 Å². The fourth-order valence-electron chi connectivity index (χ4n) is 2.34. The van der Waals surface area contributed by atoms with Crippen LogP contribution in [0.4, 0.5) is 10.1 Å². The van der Waals surface area contributed by atoms with Gasteiger partial charge in [-0.2, -0.15) is 8.42 Å². The minimum atomic E-state index is -4.17. The molecule has 0 aromatic heterocycles. The lowest BCUT2D eigenvalue weighted by atomic mass is 9.86. The molecule has 0 fully saturated rings. The Labute approximate surface area is 127 Å². The smallest absolute Gasteiger partial charge is 0.273 e. The first-order valence-electron chi connectivity index (χ1n) is 6.31. The van der Waals surface area contributed by atoms with E-state index in [1.807, 2.05) is 0 Å². The van der Waals surface area contributed by atoms with Crippen molar-refractivity contribution in [3.8, 4) is 0 Å². The Morgan fingerprint density at radius 2 is 1.91 bits per heavy atom. The van der Waals surface area contributed by atoms with Gasteiger partial charge < -0.3 is 0 Å². The highest BCUT2D eigenvalue weighted by molar-refractivity contribution is 7.87. The van der Waals surface area contributed by atoms with Crippen LogP contribution in [0.3, 0.4) is 0 Å². The van der Waals surface area contributed by atoms with Crippen LogP contribution in [0.5, 0.6) is 0 Å². The predicted molar refractivity (Wildman–Crippen MR) is 78.5 cm³/mol. The SMILES string of the molecule is COS(=O)(=O)C1C=CC(C)=CC1(F)c1ccc([N+](=O)[O-])cc1. The first kappa shape index (κ1) is 16.3. The Bertz CT molecular complexity index is 754. The highest BCUT2D eigenvalue weighted by Gasteiger charge is 2.47. The summed E-state index contributed by atoms with van der Waals surface area (Å²) >= 11 is 0. The fraction of sp³-hybridized carbons (Fsp3) is 0.286. The van der Waals surface area contributed by atoms with Gasteiger partial charge in [0.05, 0.1) is 12.0 Å². The maximum atomic E-state index is 15.5. The Morgan fingerprint density at radius 3 is 2.41 bits per heavy atom. The number of nitro benzene ring substituents is 1. The van der Waals surface area contributed by atoms with Crippen molar-refractivity contribution in [2.45, 2.75) is 17.8 Å². The summed E-state index contributed by atoms with van der Waals surface area (Å²) < 4.78 is 43.9. The van der Waals surface area contributed by atoms with Gasteiger partial charge >= 0.3 is 0 Å². The lowest BCUT2D eigenvalue weighted by Crippen LogP contribution is -2.40. The van der Waals surface area contributed by atoms with Crippen LogP contribution in [0.2, 0.25) is 0 Å². The highest BCUT2D eigenvalue weighted by atomic mass is 32.2. The molecule has 1 aliphatic rings. The molecule has 0 aliphatic heterocycles. The zero-order valence-corrected chi connectivity index (χ0v) is 12.7. The summed E-state index contributed by atoms with van der Waals surface area (Å²) in [6.07, 6.45) is 3.88. The summed E-state index contributed by atoms with van der Waals surface area (Å²) in [6.45, 7) is 1.63. The van der Waals surface area contributed by atoms with Crippen LogP contribution in [-0.2, 0) is 20.0 Å². The van der Waals surface area contributed by atoms with E-state index < -0.39 is 26.0 Å². The third-order valence-electron chi connectivity index (χ3n) is 3.45. The van der Waals surface area contributed by atoms with Crippen molar-refractivity contribution in [2.75, 3.05) is 7.11 Å². The van der Waals surface area contributed by atoms with E-state index >= 15 is 4.39 Å². The third-order valence-corrected chi connectivity index (χ3v) is 5.04. The molecule has 1 aromatic carbocycles. The van der Waals surface area contributed by atoms with Gasteiger partial charge in [0.15, 0.2) is 5.67 Å². The maximum Gasteiger partial charge on any atom is 0.277 e. The number of halogens is 1. The van der Waals surface area contributed by atoms with Crippen LogP contribution in [0.25, 0.3) is 0 Å². The van der Waals surface area contributed by atoms with Gasteiger partial charge in [-0.15, -0.1) is 0 Å². The molecule has 0 amide bonds. The quantitative estimate of drug-likeness (QED) is 0.482. The van der Waals surface area contributed by atoms with Gasteiger partial charge in [-0.05, 0) is 30.7 Å². The Hall–Kier alpha value is -2.06. The molecular weight excluding hydrogens is 313 g/mol. The predicted octanol–water partition coefficient (Wildman–Crippen LogP) is 2.62. The maximum absolute atomic E-state index is 15.5. The number of rotatable bonds is 4. The van der Waals surface area contributed by atoms with E-state index in [0.29, 0.717) is 5.57 Å². The zero-order valence-electron chi connectivity index (χ0n) is 11.9. The number of allylic oxidation sites excluding steroid dienone is 3. The normalized spacial score (nSPS) is 24.9. The number of benzene rings is 1. The molecule has 1 aliphatic carbocycles. The van der Waals surface area contributed by atoms with E-state index in [1.54, 1.807) is 6.92 Å². The summed E-state index contributed by atoms with van der Waals surface area (Å²) in [5.41, 5.74) is -2.01. The lowest BCUT2D eigenvalue weighted by Gasteiger charge is -2.31. The molecule has 2 unspecified atom stereocenters. The molecule has 6 nitrogen and oxygen atoms in total. The molecule has 118 valence electrons. The molecule has 0 heterocycles. The lowest BCUT2D eigenvalue weighted by molar-refractivity contribution is -0.384. The molecular formula is C14H14FNO5S. The van der Waals surface area contributed by atoms with Crippen molar-refractivity contribution in [1.29, 1.82) is 0 Å². The second-order valence-corrected chi connectivity index (χ2v) is 6.73. The number of hydrogen-bond donors (Lipinski definition) is 0. The van der Waals surface area contributed by atoms with Crippen LogP contribution in [0.1, 0.15) is 12.5 Å². The van der Waals surface area contributed by atoms with Crippen molar-refractivity contribution in [3.63, 3.8) is 0 Å². The van der Waals surface area contributed by atoms with E-state index in [2.05, 4.69) is 4.18 Å². The molecule has 22 heavy (non-hydrogen) atoms. The van der Waals surface area contributed by atoms with Crippen molar-refractivity contribution < 1.29 is 21.9 Å². The standard InChI is InChI=1S/C14H14FNO5S/c1-10-3-8-13(22(19,20)21-2)14(15,9-10)11-4-6-12(7-5-11)16(17)18/h3-9,13H,1-2H3. The van der Waals surface area contributed by atoms with Crippen molar-refractivity contribution in [1.82, 2.24) is 0 Å². The van der Waals surface area contributed by atoms with E-state index in [-0.39, 0.29) is 11.3 Å². The molecule has 0 spiro atoms. The second kappa shape index (κ2) is 5.62. The first-order chi connectivity index (χ1) is 10.2. The highest BCUT2D eigenvalue weighted by Crippen LogP contribution is 2.40. The second-order valence-electron chi connectivity index (χ2n) is 4.90. The zero-order chi connectivity index (χ0) is 16.5. The minimum Gasteiger partial charge on any atom is -0.273 e. The number of non-ortho nitro benzene ring substituents is 1. The summed E-state index contributed by atoms with van der Waals surface area (Å²) in [5.74, 6) is 0. The summed E-state index contributed by atoms with van der Waals surface area (Å²) in [6, 6.07) is 4.68. The van der Waals surface area contributed by atoms with Gasteiger partial charge in [-0.25, -0.2) is 4.39 Å². The van der Waals surface area contributed by atoms with Crippen molar-refractivity contribution in [2.24, 2.45) is 0 Å². The molecule has 2 atom stereocenters. The summed E-state index contributed by atoms with van der Waals surface area (Å²) in [5, 5.41) is 9.10. The van der Waals surface area contributed by atoms with Crippen molar-refractivity contribution >= 4 is 15.8 Å². The van der Waals surface area contributed by atoms with Crippen LogP contribution >= 0.6 is 0 Å². The van der Waals surface area contributed by atoms with Crippen molar-refractivity contribution in [3.05, 3.63) is 63.7 Å². The average molecular weight is 327 g/mol. The molecule has 0 bridgehead atoms. The molecule has 0 N–H and O–H groups in total. The van der Waals surface area contributed by atoms with Gasteiger partial charge in [0.1, 0.15) is 5.25 Å². The molecule has 1 aromatic rings. The monoisotopic (exact) mass is 327 g/mol. The molecule has 2 rings (SSSR count). The number of nitrogens with zero attached hydrogens (tertiary/aromatic N) is 1. The average Bonchev–Trinajstić information content (AvgIpc) is 2.47. The summed E-state index contributed by atoms with van der Waals surface area (Å²) in [7, 11) is -3.20. The van der Waals surface area contributed by atoms with E-state index in [0.717, 1.165) is 19.2 Å². The van der Waals surface area contributed by atoms with Gasteiger partial charge in [0.25, 0.3) is 15.8 Å². The van der Waals surface area contributed by atoms with Crippen LogP contribution in [-0.4, -0.2) is 25.7 Å². The Morgan fingerprint density at radius 1 is 1.32 bits per heavy atom. The van der Waals surface area contributed by atoms with Crippen LogP contribution in [0.15, 0.2) is 48.1 Å². The Balaban J connectivity index is 2.56. The molecule has 0 radical (unpaired) electrons. The molecule has 0 saturated carbocycles. The number of hydrogen-bond acceptors (Lipinski definition) is 5. The van der Waals surface area contributed by atoms with Gasteiger partial charge in [-0.1, -0.05) is 17.7 Å². The van der Waals surface area contributed by atoms with E-state index in [9.17, 15) is 18.5 Å². The topological polar surface area (TPSA) is 86.5 Å². The fourth-order valence-corrected chi connectivity index (χ4v) is 3.44. The van der Waals surface area contributed by atoms with Gasteiger partial charge in [0.2, 0.25) is 0 Å². The third kappa shape index (κ3) is 2.79. The summed E-state index contributed by atoms with van der Waals surface area (Å²) in [4.78, 5) is 10.1.